The van der Waals surface area contributed by atoms with E-state index in [0.29, 0.717) is 0 Å². The molecule has 49 heavy (non-hydrogen) atoms. The standard InChI is InChI=1S/C45H34BNO2/c1-27-19-21-38-35(23-27)46-36-24-28(2)20-22-39(36)49-44-42-33(25-40(48-38)43(44)46)41-32-18-12-11-17-31(32)37(26-34(41)45(42,3)4)47(29-13-7-5-8-14-29)30-15-9-6-10-16-30/h5-26H,1-4H3. The summed E-state index contributed by atoms with van der Waals surface area (Å²) in [6.07, 6.45) is 0. The number of hydrogen-bond donors (Lipinski definition) is 0. The Kier molecular flexibility index (Phi) is 5.85. The van der Waals surface area contributed by atoms with Crippen LogP contribution in [0, 0.1) is 13.8 Å². The van der Waals surface area contributed by atoms with Gasteiger partial charge in [-0.15, -0.1) is 0 Å². The number of ether oxygens (including phenoxy) is 2. The van der Waals surface area contributed by atoms with Crippen molar-refractivity contribution >= 4 is 50.9 Å². The first-order valence-electron chi connectivity index (χ1n) is 17.1. The molecule has 0 bridgehead atoms. The van der Waals surface area contributed by atoms with Crippen molar-refractivity contribution < 1.29 is 9.47 Å². The molecule has 234 valence electrons. The Morgan fingerprint density at radius 3 is 1.78 bits per heavy atom. The molecule has 0 unspecified atom stereocenters. The lowest BCUT2D eigenvalue weighted by Crippen LogP contribution is -2.58. The predicted octanol–water partition coefficient (Wildman–Crippen LogP) is 9.96. The monoisotopic (exact) mass is 631 g/mol. The maximum absolute atomic E-state index is 7.07. The van der Waals surface area contributed by atoms with Crippen LogP contribution >= 0.6 is 0 Å². The quantitative estimate of drug-likeness (QED) is 0.181. The molecule has 4 heteroatoms. The van der Waals surface area contributed by atoms with Crippen LogP contribution in [0.4, 0.5) is 17.1 Å². The van der Waals surface area contributed by atoms with Crippen LogP contribution in [0.15, 0.2) is 133 Å². The van der Waals surface area contributed by atoms with E-state index in [1.54, 1.807) is 0 Å². The maximum atomic E-state index is 7.07. The first-order chi connectivity index (χ1) is 23.9. The van der Waals surface area contributed by atoms with Crippen molar-refractivity contribution in [3.05, 3.63) is 156 Å². The Balaban J connectivity index is 1.27. The van der Waals surface area contributed by atoms with Gasteiger partial charge in [0.15, 0.2) is 0 Å². The molecule has 7 aromatic carbocycles. The largest absolute Gasteiger partial charge is 0.458 e. The van der Waals surface area contributed by atoms with Gasteiger partial charge in [-0.25, -0.2) is 0 Å². The third kappa shape index (κ3) is 3.98. The molecule has 0 saturated carbocycles. The molecule has 3 aliphatic rings. The van der Waals surface area contributed by atoms with E-state index in [-0.39, 0.29) is 12.1 Å². The van der Waals surface area contributed by atoms with Gasteiger partial charge in [0.25, 0.3) is 6.71 Å². The number of fused-ring (bicyclic) bond motifs is 10. The minimum atomic E-state index is -0.355. The first kappa shape index (κ1) is 28.3. The summed E-state index contributed by atoms with van der Waals surface area (Å²) in [7, 11) is 0. The number of hydrogen-bond acceptors (Lipinski definition) is 3. The summed E-state index contributed by atoms with van der Waals surface area (Å²) in [5, 5.41) is 2.42. The zero-order chi connectivity index (χ0) is 33.0. The number of anilines is 3. The number of aryl methyl sites for hydroxylation is 2. The van der Waals surface area contributed by atoms with Crippen LogP contribution in [0.1, 0.15) is 36.1 Å². The highest BCUT2D eigenvalue weighted by Crippen LogP contribution is 2.58. The Labute approximate surface area is 287 Å². The molecule has 0 N–H and O–H groups in total. The van der Waals surface area contributed by atoms with Gasteiger partial charge >= 0.3 is 0 Å². The summed E-state index contributed by atoms with van der Waals surface area (Å²) in [6.45, 7) is 9.07. The van der Waals surface area contributed by atoms with Gasteiger partial charge < -0.3 is 14.4 Å². The molecule has 0 aromatic heterocycles. The van der Waals surface area contributed by atoms with Gasteiger partial charge in [-0.3, -0.25) is 0 Å². The van der Waals surface area contributed by atoms with Gasteiger partial charge in [0.1, 0.15) is 23.0 Å². The fraction of sp³-hybridized carbons (Fsp3) is 0.111. The van der Waals surface area contributed by atoms with Crippen LogP contribution in [0.2, 0.25) is 0 Å². The highest BCUT2D eigenvalue weighted by Gasteiger charge is 2.48. The lowest BCUT2D eigenvalue weighted by atomic mass is 9.34. The molecule has 0 amide bonds. The van der Waals surface area contributed by atoms with Gasteiger partial charge in [0.2, 0.25) is 0 Å². The summed E-state index contributed by atoms with van der Waals surface area (Å²) in [5.41, 5.74) is 14.0. The molecular weight excluding hydrogens is 597 g/mol. The van der Waals surface area contributed by atoms with Crippen molar-refractivity contribution in [3.8, 4) is 34.1 Å². The molecule has 1 aliphatic carbocycles. The molecule has 0 saturated heterocycles. The third-order valence-corrected chi connectivity index (χ3v) is 10.8. The second-order valence-electron chi connectivity index (χ2n) is 14.3. The first-order valence-corrected chi connectivity index (χ1v) is 17.1. The highest BCUT2D eigenvalue weighted by molar-refractivity contribution is 6.98. The number of benzene rings is 7. The Hall–Kier alpha value is -5.74. The summed E-state index contributed by atoms with van der Waals surface area (Å²) in [4.78, 5) is 2.39. The molecule has 2 aliphatic heterocycles. The number of para-hydroxylation sites is 2. The number of rotatable bonds is 3. The summed E-state index contributed by atoms with van der Waals surface area (Å²) < 4.78 is 13.9. The molecule has 0 spiro atoms. The second kappa shape index (κ2) is 10.1. The molecule has 0 radical (unpaired) electrons. The van der Waals surface area contributed by atoms with E-state index in [9.17, 15) is 0 Å². The lowest BCUT2D eigenvalue weighted by molar-refractivity contribution is 0.453. The summed E-state index contributed by atoms with van der Waals surface area (Å²) in [6, 6.07) is 48.1. The average molecular weight is 632 g/mol. The minimum absolute atomic E-state index is 0.0288. The fourth-order valence-corrected chi connectivity index (χ4v) is 8.65. The van der Waals surface area contributed by atoms with Crippen molar-refractivity contribution in [1.82, 2.24) is 0 Å². The van der Waals surface area contributed by atoms with Crippen molar-refractivity contribution in [2.24, 2.45) is 0 Å². The van der Waals surface area contributed by atoms with Crippen molar-refractivity contribution in [3.63, 3.8) is 0 Å². The number of nitrogens with zero attached hydrogens (tertiary/aromatic N) is 1. The average Bonchev–Trinajstić information content (AvgIpc) is 3.35. The molecule has 2 heterocycles. The fourth-order valence-electron chi connectivity index (χ4n) is 8.65. The van der Waals surface area contributed by atoms with Crippen LogP contribution < -0.4 is 30.8 Å². The van der Waals surface area contributed by atoms with Gasteiger partial charge in [-0.2, -0.15) is 0 Å². The van der Waals surface area contributed by atoms with E-state index < -0.39 is 0 Å². The van der Waals surface area contributed by atoms with Crippen LogP contribution in [-0.4, -0.2) is 6.71 Å². The van der Waals surface area contributed by atoms with E-state index in [0.717, 1.165) is 45.5 Å². The molecule has 3 nitrogen and oxygen atoms in total. The Morgan fingerprint density at radius 1 is 0.571 bits per heavy atom. The zero-order valence-corrected chi connectivity index (χ0v) is 28.0. The van der Waals surface area contributed by atoms with Gasteiger partial charge in [-0.1, -0.05) is 110 Å². The second-order valence-corrected chi connectivity index (χ2v) is 14.3. The predicted molar refractivity (Wildman–Crippen MR) is 203 cm³/mol. The molecule has 10 rings (SSSR count). The molecular formula is C45H34BNO2. The van der Waals surface area contributed by atoms with Crippen molar-refractivity contribution in [2.45, 2.75) is 33.1 Å². The van der Waals surface area contributed by atoms with Crippen molar-refractivity contribution in [1.29, 1.82) is 0 Å². The van der Waals surface area contributed by atoms with Gasteiger partial charge in [0.05, 0.1) is 5.69 Å². The van der Waals surface area contributed by atoms with Crippen molar-refractivity contribution in [2.75, 3.05) is 4.90 Å². The minimum Gasteiger partial charge on any atom is -0.458 e. The van der Waals surface area contributed by atoms with Gasteiger partial charge in [-0.05, 0) is 95.4 Å². The summed E-state index contributed by atoms with van der Waals surface area (Å²) >= 11 is 0. The van der Waals surface area contributed by atoms with E-state index in [1.807, 2.05) is 0 Å². The van der Waals surface area contributed by atoms with Gasteiger partial charge in [0, 0.05) is 33.2 Å². The van der Waals surface area contributed by atoms with E-state index >= 15 is 0 Å². The topological polar surface area (TPSA) is 21.7 Å². The third-order valence-electron chi connectivity index (χ3n) is 10.8. The maximum Gasteiger partial charge on any atom is 0.260 e. The van der Waals surface area contributed by atoms with Crippen LogP contribution in [0.25, 0.3) is 21.9 Å². The van der Waals surface area contributed by atoms with Crippen LogP contribution in [0.3, 0.4) is 0 Å². The SMILES string of the molecule is Cc1ccc2c(c1)B1c3cc(C)ccc3Oc3c1c(cc1c3C(C)(C)c3cc(N(c4ccccc4)c4ccccc4)c4ccccc4c3-1)O2. The Morgan fingerprint density at radius 2 is 1.14 bits per heavy atom. The highest BCUT2D eigenvalue weighted by atomic mass is 16.5. The smallest absolute Gasteiger partial charge is 0.260 e. The lowest BCUT2D eigenvalue weighted by Gasteiger charge is -2.36. The molecule has 0 fully saturated rings. The molecule has 0 atom stereocenters. The molecule has 7 aromatic rings. The van der Waals surface area contributed by atoms with E-state index in [1.165, 1.54) is 55.1 Å². The van der Waals surface area contributed by atoms with E-state index in [2.05, 4.69) is 166 Å². The van der Waals surface area contributed by atoms with Crippen LogP contribution in [0.5, 0.6) is 23.0 Å². The van der Waals surface area contributed by atoms with Crippen LogP contribution in [-0.2, 0) is 5.41 Å². The Bertz CT molecular complexity index is 2450. The summed E-state index contributed by atoms with van der Waals surface area (Å²) in [5.74, 6) is 3.67. The zero-order valence-electron chi connectivity index (χ0n) is 28.0. The van der Waals surface area contributed by atoms with E-state index in [4.69, 9.17) is 9.47 Å². The normalized spacial score (nSPS) is 14.2.